The van der Waals surface area contributed by atoms with E-state index in [1.165, 1.54) is 19.3 Å². The lowest BCUT2D eigenvalue weighted by Crippen LogP contribution is -2.33. The molecule has 0 spiro atoms. The molecule has 0 unspecified atom stereocenters. The number of hydrazine groups is 1. The summed E-state index contributed by atoms with van der Waals surface area (Å²) >= 11 is 0. The van der Waals surface area contributed by atoms with E-state index in [0.717, 1.165) is 13.1 Å². The monoisotopic (exact) mass is 187 g/mol. The Labute approximate surface area is 80.4 Å². The molecule has 0 aliphatic rings. The summed E-state index contributed by atoms with van der Waals surface area (Å²) < 4.78 is 0. The Bertz CT molecular complexity index is 139. The number of carbonyl (C=O) groups excluding carboxylic acids is 1. The van der Waals surface area contributed by atoms with Crippen molar-refractivity contribution >= 4 is 5.91 Å². The van der Waals surface area contributed by atoms with Crippen molar-refractivity contribution in [2.24, 2.45) is 5.84 Å². The highest BCUT2D eigenvalue weighted by atomic mass is 16.2. The van der Waals surface area contributed by atoms with E-state index in [9.17, 15) is 4.79 Å². The van der Waals surface area contributed by atoms with Crippen molar-refractivity contribution in [2.45, 2.75) is 32.6 Å². The topological polar surface area (TPSA) is 58.4 Å². The van der Waals surface area contributed by atoms with Gasteiger partial charge in [0.05, 0.1) is 0 Å². The van der Waals surface area contributed by atoms with Crippen LogP contribution < -0.4 is 11.3 Å². The van der Waals surface area contributed by atoms with Crippen LogP contribution in [0.3, 0.4) is 0 Å². The standard InChI is InChI=1S/C9H21N3O/c1-3-4-5-7-12(2)8-6-9(13)11-10/h3-8,10H2,1-2H3,(H,11,13). The predicted molar refractivity (Wildman–Crippen MR) is 54.0 cm³/mol. The molecule has 4 heteroatoms. The second-order valence-corrected chi connectivity index (χ2v) is 3.33. The molecule has 0 saturated heterocycles. The number of nitrogens with zero attached hydrogens (tertiary/aromatic N) is 1. The average Bonchev–Trinajstić information content (AvgIpc) is 2.14. The third-order valence-electron chi connectivity index (χ3n) is 2.02. The molecule has 0 aromatic heterocycles. The molecule has 1 amide bonds. The van der Waals surface area contributed by atoms with Crippen LogP contribution >= 0.6 is 0 Å². The van der Waals surface area contributed by atoms with Crippen LogP contribution in [0.15, 0.2) is 0 Å². The number of carbonyl (C=O) groups is 1. The Kier molecular flexibility index (Phi) is 7.63. The molecule has 13 heavy (non-hydrogen) atoms. The maximum Gasteiger partial charge on any atom is 0.235 e. The summed E-state index contributed by atoms with van der Waals surface area (Å²) in [7, 11) is 2.03. The Morgan fingerprint density at radius 1 is 1.38 bits per heavy atom. The van der Waals surface area contributed by atoms with Crippen LogP contribution in [-0.4, -0.2) is 30.9 Å². The van der Waals surface area contributed by atoms with Gasteiger partial charge < -0.3 is 4.90 Å². The second-order valence-electron chi connectivity index (χ2n) is 3.33. The van der Waals surface area contributed by atoms with Crippen molar-refractivity contribution in [2.75, 3.05) is 20.1 Å². The molecule has 0 atom stereocenters. The lowest BCUT2D eigenvalue weighted by Gasteiger charge is -2.15. The van der Waals surface area contributed by atoms with Crippen molar-refractivity contribution in [3.05, 3.63) is 0 Å². The zero-order chi connectivity index (χ0) is 10.1. The van der Waals surface area contributed by atoms with Crippen molar-refractivity contribution in [1.29, 1.82) is 0 Å². The molecule has 78 valence electrons. The SMILES string of the molecule is CCCCCN(C)CCC(=O)NN. The lowest BCUT2D eigenvalue weighted by atomic mass is 10.2. The van der Waals surface area contributed by atoms with Gasteiger partial charge in [-0.05, 0) is 20.0 Å². The minimum Gasteiger partial charge on any atom is -0.306 e. The van der Waals surface area contributed by atoms with Crippen LogP contribution in [0.25, 0.3) is 0 Å². The first-order valence-electron chi connectivity index (χ1n) is 4.88. The minimum atomic E-state index is -0.0951. The van der Waals surface area contributed by atoms with Crippen LogP contribution in [0.1, 0.15) is 32.6 Å². The van der Waals surface area contributed by atoms with E-state index >= 15 is 0 Å². The smallest absolute Gasteiger partial charge is 0.235 e. The molecule has 0 saturated carbocycles. The molecule has 3 N–H and O–H groups in total. The van der Waals surface area contributed by atoms with Crippen LogP contribution in [0.5, 0.6) is 0 Å². The summed E-state index contributed by atoms with van der Waals surface area (Å²) in [6.07, 6.45) is 4.18. The number of nitrogens with one attached hydrogen (secondary N) is 1. The molecule has 0 aliphatic heterocycles. The summed E-state index contributed by atoms with van der Waals surface area (Å²) in [5.41, 5.74) is 2.12. The van der Waals surface area contributed by atoms with Crippen molar-refractivity contribution in [1.82, 2.24) is 10.3 Å². The van der Waals surface area contributed by atoms with Gasteiger partial charge in [-0.15, -0.1) is 0 Å². The molecule has 0 aliphatic carbocycles. The highest BCUT2D eigenvalue weighted by molar-refractivity contribution is 5.75. The van der Waals surface area contributed by atoms with E-state index < -0.39 is 0 Å². The normalized spacial score (nSPS) is 10.5. The Balaban J connectivity index is 3.29. The molecule has 0 bridgehead atoms. The Morgan fingerprint density at radius 2 is 2.08 bits per heavy atom. The van der Waals surface area contributed by atoms with Gasteiger partial charge in [-0.1, -0.05) is 19.8 Å². The molecule has 0 heterocycles. The fourth-order valence-electron chi connectivity index (χ4n) is 1.11. The van der Waals surface area contributed by atoms with E-state index in [1.807, 2.05) is 7.05 Å². The molecule has 4 nitrogen and oxygen atoms in total. The van der Waals surface area contributed by atoms with E-state index in [4.69, 9.17) is 5.84 Å². The van der Waals surface area contributed by atoms with Gasteiger partial charge in [-0.25, -0.2) is 5.84 Å². The zero-order valence-corrected chi connectivity index (χ0v) is 8.68. The lowest BCUT2D eigenvalue weighted by molar-refractivity contribution is -0.121. The van der Waals surface area contributed by atoms with Gasteiger partial charge in [0.1, 0.15) is 0 Å². The minimum absolute atomic E-state index is 0.0951. The fourth-order valence-corrected chi connectivity index (χ4v) is 1.11. The summed E-state index contributed by atoms with van der Waals surface area (Å²) in [5, 5.41) is 0. The first kappa shape index (κ1) is 12.4. The largest absolute Gasteiger partial charge is 0.306 e. The first-order valence-corrected chi connectivity index (χ1v) is 4.88. The molecule has 0 radical (unpaired) electrons. The van der Waals surface area contributed by atoms with E-state index in [-0.39, 0.29) is 5.91 Å². The van der Waals surface area contributed by atoms with Crippen molar-refractivity contribution in [3.8, 4) is 0 Å². The van der Waals surface area contributed by atoms with Gasteiger partial charge in [-0.3, -0.25) is 10.2 Å². The first-order chi connectivity index (χ1) is 6.20. The Morgan fingerprint density at radius 3 is 2.62 bits per heavy atom. The van der Waals surface area contributed by atoms with Crippen LogP contribution in [0.2, 0.25) is 0 Å². The summed E-state index contributed by atoms with van der Waals surface area (Å²) in [6.45, 7) is 4.03. The highest BCUT2D eigenvalue weighted by Gasteiger charge is 2.01. The fraction of sp³-hybridized carbons (Fsp3) is 0.889. The molecule has 0 fully saturated rings. The molecular formula is C9H21N3O. The van der Waals surface area contributed by atoms with Gasteiger partial charge in [0.25, 0.3) is 0 Å². The number of unbranched alkanes of at least 4 members (excludes halogenated alkanes) is 2. The molecule has 0 aromatic carbocycles. The maximum absolute atomic E-state index is 10.8. The van der Waals surface area contributed by atoms with Crippen LogP contribution in [0, 0.1) is 0 Å². The van der Waals surface area contributed by atoms with Gasteiger partial charge in [-0.2, -0.15) is 0 Å². The predicted octanol–water partition coefficient (Wildman–Crippen LogP) is 0.488. The maximum atomic E-state index is 10.8. The second kappa shape index (κ2) is 8.01. The quantitative estimate of drug-likeness (QED) is 0.264. The third-order valence-corrected chi connectivity index (χ3v) is 2.02. The van der Waals surface area contributed by atoms with Crippen LogP contribution in [-0.2, 0) is 4.79 Å². The van der Waals surface area contributed by atoms with E-state index in [2.05, 4.69) is 17.2 Å². The van der Waals surface area contributed by atoms with Gasteiger partial charge >= 0.3 is 0 Å². The van der Waals surface area contributed by atoms with Gasteiger partial charge in [0.2, 0.25) is 5.91 Å². The highest BCUT2D eigenvalue weighted by Crippen LogP contribution is 1.96. The average molecular weight is 187 g/mol. The number of hydrogen-bond acceptors (Lipinski definition) is 3. The van der Waals surface area contributed by atoms with E-state index in [0.29, 0.717) is 6.42 Å². The number of hydrogen-bond donors (Lipinski definition) is 2. The van der Waals surface area contributed by atoms with Crippen LogP contribution in [0.4, 0.5) is 0 Å². The third kappa shape index (κ3) is 7.74. The summed E-state index contributed by atoms with van der Waals surface area (Å²) in [6, 6.07) is 0. The summed E-state index contributed by atoms with van der Waals surface area (Å²) in [5.74, 6) is 4.87. The number of nitrogens with two attached hydrogens (primary N) is 1. The zero-order valence-electron chi connectivity index (χ0n) is 8.68. The van der Waals surface area contributed by atoms with Crippen molar-refractivity contribution in [3.63, 3.8) is 0 Å². The van der Waals surface area contributed by atoms with Gasteiger partial charge in [0.15, 0.2) is 0 Å². The molecule has 0 aromatic rings. The Hall–Kier alpha value is -0.610. The van der Waals surface area contributed by atoms with Crippen molar-refractivity contribution < 1.29 is 4.79 Å². The summed E-state index contributed by atoms with van der Waals surface area (Å²) in [4.78, 5) is 12.9. The number of amides is 1. The number of rotatable bonds is 7. The van der Waals surface area contributed by atoms with Gasteiger partial charge in [0, 0.05) is 13.0 Å². The molecular weight excluding hydrogens is 166 g/mol. The molecule has 0 rings (SSSR count). The van der Waals surface area contributed by atoms with E-state index in [1.54, 1.807) is 0 Å².